The standard InChI is InChI=1S/C14H25N3O2S/c1-5-8-16-13-7-9-15-11-14(13)20(18,19)17(10-6-2)12(3)4/h7,9,11-12H,5-6,8,10H2,1-4H3,(H,15,16). The zero-order valence-electron chi connectivity index (χ0n) is 12.8. The summed E-state index contributed by atoms with van der Waals surface area (Å²) in [4.78, 5) is 4.24. The Labute approximate surface area is 122 Å². The fraction of sp³-hybridized carbons (Fsp3) is 0.643. The number of sulfonamides is 1. The van der Waals surface area contributed by atoms with E-state index in [2.05, 4.69) is 10.3 Å². The highest BCUT2D eigenvalue weighted by atomic mass is 32.2. The van der Waals surface area contributed by atoms with Crippen LogP contribution in [0.5, 0.6) is 0 Å². The van der Waals surface area contributed by atoms with E-state index in [1.165, 1.54) is 10.5 Å². The predicted octanol–water partition coefficient (Wildman–Crippen LogP) is 2.71. The second kappa shape index (κ2) is 7.59. The van der Waals surface area contributed by atoms with Gasteiger partial charge in [0.05, 0.1) is 5.69 Å². The number of hydrogen-bond donors (Lipinski definition) is 1. The van der Waals surface area contributed by atoms with E-state index < -0.39 is 10.0 Å². The largest absolute Gasteiger partial charge is 0.384 e. The summed E-state index contributed by atoms with van der Waals surface area (Å²) in [5.74, 6) is 0. The summed E-state index contributed by atoms with van der Waals surface area (Å²) < 4.78 is 27.1. The minimum atomic E-state index is -3.52. The van der Waals surface area contributed by atoms with Gasteiger partial charge in [0, 0.05) is 31.5 Å². The van der Waals surface area contributed by atoms with Gasteiger partial charge in [0.15, 0.2) is 0 Å². The van der Waals surface area contributed by atoms with E-state index in [1.54, 1.807) is 12.3 Å². The number of aromatic nitrogens is 1. The van der Waals surface area contributed by atoms with Crippen LogP contribution in [0.3, 0.4) is 0 Å². The maximum absolute atomic E-state index is 12.8. The fourth-order valence-electron chi connectivity index (χ4n) is 1.99. The molecule has 0 atom stereocenters. The predicted molar refractivity (Wildman–Crippen MR) is 82.3 cm³/mol. The van der Waals surface area contributed by atoms with Gasteiger partial charge in [-0.2, -0.15) is 4.31 Å². The number of hydrogen-bond acceptors (Lipinski definition) is 4. The molecule has 0 aliphatic rings. The van der Waals surface area contributed by atoms with Crippen LogP contribution < -0.4 is 5.32 Å². The van der Waals surface area contributed by atoms with Gasteiger partial charge in [0.25, 0.3) is 0 Å². The topological polar surface area (TPSA) is 62.3 Å². The number of nitrogens with zero attached hydrogens (tertiary/aromatic N) is 2. The van der Waals surface area contributed by atoms with Crippen LogP contribution in [0.1, 0.15) is 40.5 Å². The molecule has 0 saturated heterocycles. The van der Waals surface area contributed by atoms with Crippen molar-refractivity contribution in [3.63, 3.8) is 0 Å². The van der Waals surface area contributed by atoms with Crippen molar-refractivity contribution in [2.24, 2.45) is 0 Å². The molecule has 0 aliphatic heterocycles. The molecular formula is C14H25N3O2S. The third-order valence-corrected chi connectivity index (χ3v) is 5.06. The second-order valence-corrected chi connectivity index (χ2v) is 6.87. The van der Waals surface area contributed by atoms with E-state index in [0.717, 1.165) is 19.4 Å². The Morgan fingerprint density at radius 3 is 2.55 bits per heavy atom. The number of nitrogens with one attached hydrogen (secondary N) is 1. The summed E-state index contributed by atoms with van der Waals surface area (Å²) in [7, 11) is -3.52. The first-order chi connectivity index (χ1) is 9.45. The van der Waals surface area contributed by atoms with E-state index in [9.17, 15) is 8.42 Å². The lowest BCUT2D eigenvalue weighted by atomic mass is 10.4. The zero-order chi connectivity index (χ0) is 15.2. The summed E-state index contributed by atoms with van der Waals surface area (Å²) in [6, 6.07) is 1.65. The van der Waals surface area contributed by atoms with Crippen LogP contribution in [0, 0.1) is 0 Å². The normalized spacial score (nSPS) is 12.1. The third-order valence-electron chi connectivity index (χ3n) is 2.96. The molecule has 1 N–H and O–H groups in total. The first kappa shape index (κ1) is 16.9. The van der Waals surface area contributed by atoms with Gasteiger partial charge in [-0.3, -0.25) is 4.98 Å². The third kappa shape index (κ3) is 3.93. The average Bonchev–Trinajstić information content (AvgIpc) is 2.42. The van der Waals surface area contributed by atoms with Crippen molar-refractivity contribution in [1.29, 1.82) is 0 Å². The fourth-order valence-corrected chi connectivity index (χ4v) is 3.84. The van der Waals surface area contributed by atoms with Crippen LogP contribution in [-0.2, 0) is 10.0 Å². The highest BCUT2D eigenvalue weighted by Gasteiger charge is 2.28. The quantitative estimate of drug-likeness (QED) is 0.801. The molecule has 114 valence electrons. The molecule has 0 fully saturated rings. The Balaban J connectivity index is 3.19. The molecule has 0 bridgehead atoms. The molecule has 0 spiro atoms. The smallest absolute Gasteiger partial charge is 0.246 e. The maximum Gasteiger partial charge on any atom is 0.246 e. The molecule has 5 nitrogen and oxygen atoms in total. The summed E-state index contributed by atoms with van der Waals surface area (Å²) in [6.45, 7) is 9.06. The molecular weight excluding hydrogens is 274 g/mol. The summed E-state index contributed by atoms with van der Waals surface area (Å²) in [6.07, 6.45) is 4.76. The Bertz CT molecular complexity index is 515. The van der Waals surface area contributed by atoms with Crippen LogP contribution in [0.2, 0.25) is 0 Å². The summed E-state index contributed by atoms with van der Waals surface area (Å²) in [5.41, 5.74) is 0.628. The van der Waals surface area contributed by atoms with Crippen molar-refractivity contribution < 1.29 is 8.42 Å². The van der Waals surface area contributed by atoms with E-state index >= 15 is 0 Å². The number of rotatable bonds is 8. The highest BCUT2D eigenvalue weighted by molar-refractivity contribution is 7.89. The van der Waals surface area contributed by atoms with E-state index in [-0.39, 0.29) is 10.9 Å². The molecule has 1 heterocycles. The summed E-state index contributed by atoms with van der Waals surface area (Å²) >= 11 is 0. The van der Waals surface area contributed by atoms with Gasteiger partial charge in [-0.25, -0.2) is 8.42 Å². The van der Waals surface area contributed by atoms with Gasteiger partial charge < -0.3 is 5.32 Å². The van der Waals surface area contributed by atoms with Crippen molar-refractivity contribution in [3.8, 4) is 0 Å². The molecule has 1 aromatic rings. The van der Waals surface area contributed by atoms with Crippen LogP contribution in [-0.4, -0.2) is 36.8 Å². The molecule has 0 radical (unpaired) electrons. The summed E-state index contributed by atoms with van der Waals surface area (Å²) in [5, 5.41) is 3.16. The first-order valence-corrected chi connectivity index (χ1v) is 8.58. The molecule has 0 aromatic carbocycles. The van der Waals surface area contributed by atoms with Crippen molar-refractivity contribution in [2.45, 2.75) is 51.5 Å². The molecule has 20 heavy (non-hydrogen) atoms. The minimum absolute atomic E-state index is 0.0702. The lowest BCUT2D eigenvalue weighted by Gasteiger charge is -2.26. The Hall–Kier alpha value is -1.14. The average molecular weight is 299 g/mol. The van der Waals surface area contributed by atoms with Crippen LogP contribution in [0.25, 0.3) is 0 Å². The van der Waals surface area contributed by atoms with Crippen LogP contribution >= 0.6 is 0 Å². The minimum Gasteiger partial charge on any atom is -0.384 e. The molecule has 0 amide bonds. The van der Waals surface area contributed by atoms with E-state index in [4.69, 9.17) is 0 Å². The Kier molecular flexibility index (Phi) is 6.42. The highest BCUT2D eigenvalue weighted by Crippen LogP contribution is 2.25. The monoisotopic (exact) mass is 299 g/mol. The number of pyridine rings is 1. The van der Waals surface area contributed by atoms with Crippen molar-refractivity contribution >= 4 is 15.7 Å². The van der Waals surface area contributed by atoms with Gasteiger partial charge >= 0.3 is 0 Å². The molecule has 0 saturated carbocycles. The van der Waals surface area contributed by atoms with E-state index in [1.807, 2.05) is 27.7 Å². The van der Waals surface area contributed by atoms with Crippen molar-refractivity contribution in [1.82, 2.24) is 9.29 Å². The maximum atomic E-state index is 12.8. The van der Waals surface area contributed by atoms with Gasteiger partial charge in [-0.05, 0) is 32.8 Å². The van der Waals surface area contributed by atoms with Crippen molar-refractivity contribution in [2.75, 3.05) is 18.4 Å². The molecule has 1 aromatic heterocycles. The molecule has 1 rings (SSSR count). The van der Waals surface area contributed by atoms with Crippen LogP contribution in [0.15, 0.2) is 23.4 Å². The second-order valence-electron chi connectivity index (χ2n) is 5.01. The van der Waals surface area contributed by atoms with Crippen molar-refractivity contribution in [3.05, 3.63) is 18.5 Å². The Morgan fingerprint density at radius 2 is 2.00 bits per heavy atom. The molecule has 0 aliphatic carbocycles. The molecule has 0 unspecified atom stereocenters. The lowest BCUT2D eigenvalue weighted by Crippen LogP contribution is -2.37. The van der Waals surface area contributed by atoms with Gasteiger partial charge in [-0.1, -0.05) is 13.8 Å². The van der Waals surface area contributed by atoms with Gasteiger partial charge in [0.1, 0.15) is 4.90 Å². The SMILES string of the molecule is CCCNc1ccncc1S(=O)(=O)N(CCC)C(C)C. The molecule has 6 heteroatoms. The first-order valence-electron chi connectivity index (χ1n) is 7.14. The van der Waals surface area contributed by atoms with Gasteiger partial charge in [-0.15, -0.1) is 0 Å². The van der Waals surface area contributed by atoms with Gasteiger partial charge in [0.2, 0.25) is 10.0 Å². The van der Waals surface area contributed by atoms with Crippen LogP contribution in [0.4, 0.5) is 5.69 Å². The Morgan fingerprint density at radius 1 is 1.30 bits per heavy atom. The van der Waals surface area contributed by atoms with E-state index in [0.29, 0.717) is 12.2 Å². The number of anilines is 1. The lowest BCUT2D eigenvalue weighted by molar-refractivity contribution is 0.354. The zero-order valence-corrected chi connectivity index (χ0v) is 13.6.